The second-order valence-corrected chi connectivity index (χ2v) is 10.4. The Bertz CT molecular complexity index is 1630. The summed E-state index contributed by atoms with van der Waals surface area (Å²) in [5, 5.41) is 1.14. The molecule has 1 N–H and O–H groups in total. The van der Waals surface area contributed by atoms with Gasteiger partial charge in [0.15, 0.2) is 0 Å². The third kappa shape index (κ3) is 6.33. The third-order valence-corrected chi connectivity index (χ3v) is 7.24. The monoisotopic (exact) mass is 531 g/mol. The normalized spacial score (nSPS) is 11.8. The van der Waals surface area contributed by atoms with Crippen molar-refractivity contribution in [2.24, 2.45) is 0 Å². The number of hydrogen-bond donors (Lipinski definition) is 1. The SMILES string of the molecule is C=C(Cc1ccc(CCCCc2cnc3[nH]ccc3c2)c(C)c1)c1cc(-n2ccc(C)c2)cc(C(F)(F)F)c1.[HH].[HH]. The molecule has 0 fully saturated rings. The van der Waals surface area contributed by atoms with E-state index < -0.39 is 11.7 Å². The van der Waals surface area contributed by atoms with Crippen molar-refractivity contribution >= 4 is 16.6 Å². The van der Waals surface area contributed by atoms with Crippen LogP contribution in [-0.2, 0) is 25.4 Å². The van der Waals surface area contributed by atoms with Gasteiger partial charge in [0.1, 0.15) is 5.65 Å². The lowest BCUT2D eigenvalue weighted by molar-refractivity contribution is -0.137. The molecule has 0 bridgehead atoms. The van der Waals surface area contributed by atoms with Crippen LogP contribution in [-0.4, -0.2) is 14.5 Å². The van der Waals surface area contributed by atoms with Gasteiger partial charge in [-0.1, -0.05) is 24.8 Å². The van der Waals surface area contributed by atoms with Crippen LogP contribution in [0.3, 0.4) is 0 Å². The molecule has 3 heterocycles. The number of unbranched alkanes of at least 4 members (excludes halogenated alkanes) is 1. The fraction of sp³-hybridized carbons (Fsp3) is 0.242. The predicted octanol–water partition coefficient (Wildman–Crippen LogP) is 9.30. The Hall–Kier alpha value is -4.06. The first-order valence-corrected chi connectivity index (χ1v) is 13.2. The lowest BCUT2D eigenvalue weighted by atomic mass is 9.94. The Balaban J connectivity index is 0.00000231. The summed E-state index contributed by atoms with van der Waals surface area (Å²) < 4.78 is 42.8. The molecule has 3 aromatic heterocycles. The van der Waals surface area contributed by atoms with Crippen molar-refractivity contribution in [3.05, 3.63) is 125 Å². The zero-order valence-electron chi connectivity index (χ0n) is 22.3. The van der Waals surface area contributed by atoms with Gasteiger partial charge in [-0.15, -0.1) is 0 Å². The van der Waals surface area contributed by atoms with Gasteiger partial charge in [-0.25, -0.2) is 4.98 Å². The van der Waals surface area contributed by atoms with E-state index in [1.54, 1.807) is 16.8 Å². The zero-order valence-corrected chi connectivity index (χ0v) is 22.3. The zero-order chi connectivity index (χ0) is 27.6. The van der Waals surface area contributed by atoms with Gasteiger partial charge in [0, 0.05) is 38.7 Å². The number of pyridine rings is 1. The first-order valence-electron chi connectivity index (χ1n) is 13.2. The van der Waals surface area contributed by atoms with E-state index in [0.29, 0.717) is 23.2 Å². The highest BCUT2D eigenvalue weighted by molar-refractivity contribution is 5.75. The van der Waals surface area contributed by atoms with Crippen molar-refractivity contribution in [2.75, 3.05) is 0 Å². The van der Waals surface area contributed by atoms with Crippen molar-refractivity contribution in [3.8, 4) is 5.69 Å². The van der Waals surface area contributed by atoms with Gasteiger partial charge in [-0.2, -0.15) is 13.2 Å². The molecule has 5 aromatic rings. The van der Waals surface area contributed by atoms with Crippen molar-refractivity contribution in [2.45, 2.75) is 52.1 Å². The fourth-order valence-electron chi connectivity index (χ4n) is 5.06. The van der Waals surface area contributed by atoms with Gasteiger partial charge < -0.3 is 9.55 Å². The van der Waals surface area contributed by atoms with E-state index in [0.717, 1.165) is 47.8 Å². The minimum Gasteiger partial charge on any atom is -0.346 e. The molecule has 0 radical (unpaired) electrons. The predicted molar refractivity (Wildman–Crippen MR) is 156 cm³/mol. The van der Waals surface area contributed by atoms with Crippen LogP contribution in [0.4, 0.5) is 13.2 Å². The number of nitrogens with one attached hydrogen (secondary N) is 1. The molecule has 3 nitrogen and oxygen atoms in total. The second-order valence-electron chi connectivity index (χ2n) is 10.4. The highest BCUT2D eigenvalue weighted by Crippen LogP contribution is 2.34. The largest absolute Gasteiger partial charge is 0.416 e. The number of halogens is 3. The number of hydrogen-bond acceptors (Lipinski definition) is 1. The van der Waals surface area contributed by atoms with E-state index in [1.807, 2.05) is 37.6 Å². The van der Waals surface area contributed by atoms with Crippen LogP contribution in [0.15, 0.2) is 86.0 Å². The van der Waals surface area contributed by atoms with Crippen LogP contribution in [0.2, 0.25) is 0 Å². The lowest BCUT2D eigenvalue weighted by Crippen LogP contribution is -2.07. The summed E-state index contributed by atoms with van der Waals surface area (Å²) in [6.07, 6.45) is 7.63. The van der Waals surface area contributed by atoms with Crippen LogP contribution in [0.25, 0.3) is 22.3 Å². The quantitative estimate of drug-likeness (QED) is 0.189. The molecule has 0 saturated carbocycles. The van der Waals surface area contributed by atoms with Gasteiger partial charge >= 0.3 is 6.18 Å². The fourth-order valence-corrected chi connectivity index (χ4v) is 5.06. The van der Waals surface area contributed by atoms with E-state index in [1.165, 1.54) is 28.8 Å². The molecule has 0 saturated heterocycles. The number of fused-ring (bicyclic) bond motifs is 1. The standard InChI is InChI=1S/C33H32F3N3.2H2/c1-22-11-13-39(21-22)31-18-29(17-30(19-31)33(34,35)36)24(3)15-25-8-9-27(23(2)14-25)7-5-4-6-26-16-28-10-12-37-32(28)38-20-26;;/h8-14,16-21H,3-7,15H2,1-2H3,(H,37,38);2*1H. The summed E-state index contributed by atoms with van der Waals surface area (Å²) in [5.74, 6) is 0. The Labute approximate surface area is 230 Å². The number of aromatic amines is 1. The third-order valence-electron chi connectivity index (χ3n) is 7.24. The van der Waals surface area contributed by atoms with Gasteiger partial charge in [-0.3, -0.25) is 0 Å². The van der Waals surface area contributed by atoms with Crippen molar-refractivity contribution in [3.63, 3.8) is 0 Å². The number of aromatic nitrogens is 3. The topological polar surface area (TPSA) is 33.6 Å². The molecule has 0 spiro atoms. The Morgan fingerprint density at radius 3 is 2.54 bits per heavy atom. The maximum Gasteiger partial charge on any atom is 0.416 e. The molecule has 39 heavy (non-hydrogen) atoms. The molecule has 0 aliphatic rings. The van der Waals surface area contributed by atoms with Crippen LogP contribution in [0, 0.1) is 13.8 Å². The maximum atomic E-state index is 13.7. The number of nitrogens with zero attached hydrogens (tertiary/aromatic N) is 2. The van der Waals surface area contributed by atoms with Crippen LogP contribution >= 0.6 is 0 Å². The average molecular weight is 532 g/mol. The summed E-state index contributed by atoms with van der Waals surface area (Å²) in [4.78, 5) is 7.59. The first kappa shape index (κ1) is 26.5. The van der Waals surface area contributed by atoms with E-state index >= 15 is 0 Å². The van der Waals surface area contributed by atoms with Crippen molar-refractivity contribution in [1.29, 1.82) is 0 Å². The van der Waals surface area contributed by atoms with Gasteiger partial charge in [-0.05, 0) is 121 Å². The molecular formula is C33H36F3N3. The van der Waals surface area contributed by atoms with Crippen molar-refractivity contribution in [1.82, 2.24) is 14.5 Å². The molecule has 204 valence electrons. The highest BCUT2D eigenvalue weighted by Gasteiger charge is 2.31. The van der Waals surface area contributed by atoms with Gasteiger partial charge in [0.2, 0.25) is 0 Å². The first-order chi connectivity index (χ1) is 18.7. The average Bonchev–Trinajstić information content (AvgIpc) is 3.55. The Morgan fingerprint density at radius 2 is 1.79 bits per heavy atom. The number of allylic oxidation sites excluding steroid dienone is 1. The highest BCUT2D eigenvalue weighted by atomic mass is 19.4. The molecule has 5 rings (SSSR count). The summed E-state index contributed by atoms with van der Waals surface area (Å²) in [6, 6.07) is 16.6. The van der Waals surface area contributed by atoms with E-state index in [9.17, 15) is 13.2 Å². The minimum atomic E-state index is -4.43. The summed E-state index contributed by atoms with van der Waals surface area (Å²) in [7, 11) is 0. The molecule has 0 amide bonds. The van der Waals surface area contributed by atoms with Crippen molar-refractivity contribution < 1.29 is 16.0 Å². The maximum absolute atomic E-state index is 13.7. The molecule has 0 aliphatic heterocycles. The summed E-state index contributed by atoms with van der Waals surface area (Å²) in [5.41, 5.74) is 7.66. The van der Waals surface area contributed by atoms with Crippen LogP contribution in [0.1, 0.15) is 54.6 Å². The minimum absolute atomic E-state index is 0. The van der Waals surface area contributed by atoms with E-state index in [2.05, 4.69) is 47.7 Å². The summed E-state index contributed by atoms with van der Waals surface area (Å²) in [6.45, 7) is 8.17. The van der Waals surface area contributed by atoms with E-state index in [4.69, 9.17) is 0 Å². The molecule has 0 aliphatic carbocycles. The van der Waals surface area contributed by atoms with Gasteiger partial charge in [0.05, 0.1) is 5.56 Å². The number of H-pyrrole nitrogens is 1. The van der Waals surface area contributed by atoms with Crippen LogP contribution < -0.4 is 0 Å². The number of aryl methyl sites for hydroxylation is 4. The number of alkyl halides is 3. The van der Waals surface area contributed by atoms with E-state index in [-0.39, 0.29) is 2.85 Å². The number of rotatable bonds is 9. The molecule has 6 heteroatoms. The second kappa shape index (κ2) is 11.0. The number of benzene rings is 2. The van der Waals surface area contributed by atoms with Crippen LogP contribution in [0.5, 0.6) is 0 Å². The Kier molecular flexibility index (Phi) is 7.47. The van der Waals surface area contributed by atoms with Gasteiger partial charge in [0.25, 0.3) is 0 Å². The summed E-state index contributed by atoms with van der Waals surface area (Å²) >= 11 is 0. The smallest absolute Gasteiger partial charge is 0.346 e. The Morgan fingerprint density at radius 1 is 0.974 bits per heavy atom. The molecule has 0 unspecified atom stereocenters. The molecular weight excluding hydrogens is 495 g/mol. The molecule has 0 atom stereocenters. The molecule has 2 aromatic carbocycles. The lowest BCUT2D eigenvalue weighted by Gasteiger charge is -2.15.